The predicted molar refractivity (Wildman–Crippen MR) is 93.3 cm³/mol. The Labute approximate surface area is 140 Å². The monoisotopic (exact) mass is 322 g/mol. The van der Waals surface area contributed by atoms with E-state index < -0.39 is 5.97 Å². The quantitative estimate of drug-likeness (QED) is 0.779. The molecule has 0 fully saturated rings. The maximum absolute atomic E-state index is 12.3. The molecule has 2 aromatic carbocycles. The maximum atomic E-state index is 12.3. The Bertz CT molecular complexity index is 780. The zero-order valence-corrected chi connectivity index (χ0v) is 13.1. The van der Waals surface area contributed by atoms with Crippen molar-refractivity contribution in [1.82, 2.24) is 0 Å². The van der Waals surface area contributed by atoms with Gasteiger partial charge in [-0.25, -0.2) is 4.79 Å². The second kappa shape index (κ2) is 7.00. The minimum Gasteiger partial charge on any atom is -0.478 e. The molecule has 0 saturated heterocycles. The largest absolute Gasteiger partial charge is 0.478 e. The average molecular weight is 322 g/mol. The van der Waals surface area contributed by atoms with Gasteiger partial charge in [0.15, 0.2) is 0 Å². The second-order valence-corrected chi connectivity index (χ2v) is 5.64. The van der Waals surface area contributed by atoms with Crippen LogP contribution in [-0.4, -0.2) is 17.0 Å². The van der Waals surface area contributed by atoms with Crippen LogP contribution in [-0.2, 0) is 9.59 Å². The number of anilines is 3. The Hall–Kier alpha value is -3.08. The number of aliphatic carboxylic acids is 1. The molecule has 0 heterocycles. The summed E-state index contributed by atoms with van der Waals surface area (Å²) in [5.74, 6) is -1.33. The van der Waals surface area contributed by atoms with Crippen LogP contribution in [0.2, 0.25) is 0 Å². The minimum absolute atomic E-state index is 0.231. The highest BCUT2D eigenvalue weighted by Crippen LogP contribution is 2.27. The van der Waals surface area contributed by atoms with E-state index in [0.29, 0.717) is 30.5 Å². The van der Waals surface area contributed by atoms with Crippen LogP contribution in [0.25, 0.3) is 0 Å². The first kappa shape index (κ1) is 15.8. The maximum Gasteiger partial charge on any atom is 0.332 e. The summed E-state index contributed by atoms with van der Waals surface area (Å²) in [4.78, 5) is 23.4. The zero-order chi connectivity index (χ0) is 16.9. The summed E-state index contributed by atoms with van der Waals surface area (Å²) in [6.45, 7) is 0. The van der Waals surface area contributed by atoms with Crippen LogP contribution < -0.4 is 10.6 Å². The Morgan fingerprint density at radius 2 is 1.38 bits per heavy atom. The number of carbonyl (C=O) groups is 2. The molecule has 5 nitrogen and oxygen atoms in total. The molecule has 1 aliphatic rings. The average Bonchev–Trinajstić information content (AvgIpc) is 3.08. The van der Waals surface area contributed by atoms with Gasteiger partial charge >= 0.3 is 5.97 Å². The summed E-state index contributed by atoms with van der Waals surface area (Å²) in [6, 6.07) is 17.1. The number of hydrogen-bond donors (Lipinski definition) is 3. The standard InChI is InChI=1S/C19H18N2O3/c22-18(16-7-4-8-17(16)19(23)24)21-15-11-9-14(10-12-15)20-13-5-2-1-3-6-13/h1-3,5-6,9-12,20H,4,7-8H2,(H,21,22)(H,23,24). The van der Waals surface area contributed by atoms with Crippen LogP contribution >= 0.6 is 0 Å². The number of para-hydroxylation sites is 1. The minimum atomic E-state index is -1.000. The van der Waals surface area contributed by atoms with E-state index in [1.807, 2.05) is 42.5 Å². The van der Waals surface area contributed by atoms with E-state index in [4.69, 9.17) is 5.11 Å². The molecule has 2 aromatic rings. The molecular formula is C19H18N2O3. The number of hydrogen-bond acceptors (Lipinski definition) is 3. The lowest BCUT2D eigenvalue weighted by molar-refractivity contribution is -0.133. The van der Waals surface area contributed by atoms with Crippen molar-refractivity contribution in [2.45, 2.75) is 19.3 Å². The molecule has 0 saturated carbocycles. The van der Waals surface area contributed by atoms with Gasteiger partial charge in [-0.2, -0.15) is 0 Å². The number of benzene rings is 2. The summed E-state index contributed by atoms with van der Waals surface area (Å²) in [5, 5.41) is 15.2. The van der Waals surface area contributed by atoms with Gasteiger partial charge in [-0.3, -0.25) is 4.79 Å². The lowest BCUT2D eigenvalue weighted by atomic mass is 10.1. The number of carbonyl (C=O) groups excluding carboxylic acids is 1. The number of rotatable bonds is 5. The first-order valence-corrected chi connectivity index (χ1v) is 7.82. The van der Waals surface area contributed by atoms with Gasteiger partial charge in [-0.1, -0.05) is 18.2 Å². The van der Waals surface area contributed by atoms with Gasteiger partial charge in [0.2, 0.25) is 0 Å². The molecule has 3 rings (SSSR count). The van der Waals surface area contributed by atoms with Crippen molar-refractivity contribution < 1.29 is 14.7 Å². The Morgan fingerprint density at radius 3 is 2.04 bits per heavy atom. The fraction of sp³-hybridized carbons (Fsp3) is 0.158. The predicted octanol–water partition coefficient (Wildman–Crippen LogP) is 3.93. The first-order chi connectivity index (χ1) is 11.6. The van der Waals surface area contributed by atoms with E-state index in [2.05, 4.69) is 10.6 Å². The lowest BCUT2D eigenvalue weighted by Crippen LogP contribution is -2.16. The molecule has 122 valence electrons. The highest BCUT2D eigenvalue weighted by Gasteiger charge is 2.25. The van der Waals surface area contributed by atoms with E-state index in [9.17, 15) is 9.59 Å². The van der Waals surface area contributed by atoms with Crippen molar-refractivity contribution in [3.63, 3.8) is 0 Å². The molecule has 0 aliphatic heterocycles. The van der Waals surface area contributed by atoms with Gasteiger partial charge in [0.25, 0.3) is 5.91 Å². The molecule has 1 aliphatic carbocycles. The third-order valence-corrected chi connectivity index (χ3v) is 3.96. The van der Waals surface area contributed by atoms with Crippen molar-refractivity contribution in [3.05, 3.63) is 65.7 Å². The van der Waals surface area contributed by atoms with Crippen LogP contribution in [0.1, 0.15) is 19.3 Å². The molecule has 0 unspecified atom stereocenters. The van der Waals surface area contributed by atoms with E-state index >= 15 is 0 Å². The SMILES string of the molecule is O=C(O)C1=C(C(=O)Nc2ccc(Nc3ccccc3)cc2)CCC1. The van der Waals surface area contributed by atoms with E-state index in [1.54, 1.807) is 12.1 Å². The van der Waals surface area contributed by atoms with E-state index in [-0.39, 0.29) is 11.5 Å². The number of nitrogens with one attached hydrogen (secondary N) is 2. The van der Waals surface area contributed by atoms with Crippen molar-refractivity contribution in [3.8, 4) is 0 Å². The molecule has 0 atom stereocenters. The molecule has 5 heteroatoms. The summed E-state index contributed by atoms with van der Waals surface area (Å²) < 4.78 is 0. The summed E-state index contributed by atoms with van der Waals surface area (Å²) in [5.41, 5.74) is 3.15. The number of carboxylic acids is 1. The van der Waals surface area contributed by atoms with Crippen molar-refractivity contribution in [1.29, 1.82) is 0 Å². The van der Waals surface area contributed by atoms with Crippen LogP contribution in [0.4, 0.5) is 17.1 Å². The number of amides is 1. The fourth-order valence-electron chi connectivity index (χ4n) is 2.76. The second-order valence-electron chi connectivity index (χ2n) is 5.64. The van der Waals surface area contributed by atoms with Gasteiger partial charge in [-0.15, -0.1) is 0 Å². The summed E-state index contributed by atoms with van der Waals surface area (Å²) >= 11 is 0. The Kier molecular flexibility index (Phi) is 4.61. The van der Waals surface area contributed by atoms with Crippen LogP contribution in [0.3, 0.4) is 0 Å². The van der Waals surface area contributed by atoms with E-state index in [1.165, 1.54) is 0 Å². The summed E-state index contributed by atoms with van der Waals surface area (Å²) in [6.07, 6.45) is 1.68. The molecule has 3 N–H and O–H groups in total. The third-order valence-electron chi connectivity index (χ3n) is 3.96. The first-order valence-electron chi connectivity index (χ1n) is 7.82. The third kappa shape index (κ3) is 3.63. The molecule has 0 radical (unpaired) electrons. The molecule has 0 aromatic heterocycles. The van der Waals surface area contributed by atoms with Crippen LogP contribution in [0.15, 0.2) is 65.7 Å². The lowest BCUT2D eigenvalue weighted by Gasteiger charge is -2.09. The molecule has 0 spiro atoms. The van der Waals surface area contributed by atoms with Crippen molar-refractivity contribution >= 4 is 28.9 Å². The van der Waals surface area contributed by atoms with Crippen LogP contribution in [0.5, 0.6) is 0 Å². The highest BCUT2D eigenvalue weighted by molar-refractivity contribution is 6.09. The van der Waals surface area contributed by atoms with Crippen molar-refractivity contribution in [2.75, 3.05) is 10.6 Å². The molecule has 1 amide bonds. The van der Waals surface area contributed by atoms with Gasteiger partial charge in [0.05, 0.1) is 0 Å². The van der Waals surface area contributed by atoms with Crippen molar-refractivity contribution in [2.24, 2.45) is 0 Å². The van der Waals surface area contributed by atoms with Gasteiger partial charge in [0.1, 0.15) is 0 Å². The summed E-state index contributed by atoms with van der Waals surface area (Å²) in [7, 11) is 0. The highest BCUT2D eigenvalue weighted by atomic mass is 16.4. The fourth-order valence-corrected chi connectivity index (χ4v) is 2.76. The number of carboxylic acid groups (broad SMARTS) is 1. The van der Waals surface area contributed by atoms with Crippen LogP contribution in [0, 0.1) is 0 Å². The Balaban J connectivity index is 1.67. The zero-order valence-electron chi connectivity index (χ0n) is 13.1. The molecule has 0 bridgehead atoms. The van der Waals surface area contributed by atoms with Gasteiger partial charge in [0, 0.05) is 28.2 Å². The molecular weight excluding hydrogens is 304 g/mol. The van der Waals surface area contributed by atoms with E-state index in [0.717, 1.165) is 11.4 Å². The van der Waals surface area contributed by atoms with Gasteiger partial charge in [-0.05, 0) is 55.7 Å². The topological polar surface area (TPSA) is 78.4 Å². The Morgan fingerprint density at radius 1 is 0.792 bits per heavy atom. The molecule has 24 heavy (non-hydrogen) atoms. The van der Waals surface area contributed by atoms with Gasteiger partial charge < -0.3 is 15.7 Å². The normalized spacial score (nSPS) is 13.7. The smallest absolute Gasteiger partial charge is 0.332 e.